The van der Waals surface area contributed by atoms with Crippen molar-refractivity contribution < 1.29 is 27.0 Å². The van der Waals surface area contributed by atoms with Gasteiger partial charge in [0.2, 0.25) is 0 Å². The number of aromatic nitrogens is 1. The fourth-order valence-electron chi connectivity index (χ4n) is 1.69. The first kappa shape index (κ1) is 12.5. The van der Waals surface area contributed by atoms with Gasteiger partial charge in [0, 0.05) is 0 Å². The summed E-state index contributed by atoms with van der Waals surface area (Å²) < 4.78 is 40.8. The molecule has 0 aliphatic rings. The van der Waals surface area contributed by atoms with Crippen LogP contribution in [0, 0.1) is 6.92 Å². The van der Waals surface area contributed by atoms with Crippen LogP contribution in [-0.4, -0.2) is 31.2 Å². The molecule has 8 heteroatoms. The van der Waals surface area contributed by atoms with E-state index in [-0.39, 0.29) is 27.1 Å². The molecule has 18 heavy (non-hydrogen) atoms. The number of benzene rings is 1. The molecule has 2 rings (SSSR count). The molecule has 0 unspecified atom stereocenters. The van der Waals surface area contributed by atoms with Crippen molar-refractivity contribution in [1.29, 1.82) is 0 Å². The van der Waals surface area contributed by atoms with Crippen LogP contribution in [-0.2, 0) is 14.9 Å². The monoisotopic (exact) mass is 271 g/mol. The minimum Gasteiger partial charge on any atom is -0.464 e. The highest BCUT2D eigenvalue weighted by Gasteiger charge is 2.23. The van der Waals surface area contributed by atoms with Gasteiger partial charge in [-0.1, -0.05) is 5.16 Å². The highest BCUT2D eigenvalue weighted by molar-refractivity contribution is 7.85. The predicted octanol–water partition coefficient (Wildman–Crippen LogP) is 1.17. The van der Waals surface area contributed by atoms with E-state index in [2.05, 4.69) is 9.89 Å². The van der Waals surface area contributed by atoms with E-state index < -0.39 is 16.1 Å². The number of esters is 1. The number of carbonyl (C=O) groups is 1. The summed E-state index contributed by atoms with van der Waals surface area (Å²) in [5, 5.41) is 3.73. The fraction of sp³-hybridized carbons (Fsp3) is 0.200. The van der Waals surface area contributed by atoms with Crippen molar-refractivity contribution in [3.05, 3.63) is 23.4 Å². The van der Waals surface area contributed by atoms with Crippen LogP contribution in [0.4, 0.5) is 0 Å². The molecule has 0 aliphatic carbocycles. The fourth-order valence-corrected chi connectivity index (χ4v) is 2.42. The summed E-state index contributed by atoms with van der Waals surface area (Å²) in [6.45, 7) is 1.44. The van der Waals surface area contributed by atoms with Crippen LogP contribution in [0.3, 0.4) is 0 Å². The highest BCUT2D eigenvalue weighted by atomic mass is 32.2. The smallest absolute Gasteiger partial charge is 0.360 e. The SMILES string of the molecule is COC(=O)c1noc2ccc(S(=O)(=O)O)c(C)c12. The Hall–Kier alpha value is -1.93. The molecule has 0 amide bonds. The van der Waals surface area contributed by atoms with Crippen LogP contribution in [0.25, 0.3) is 11.0 Å². The predicted molar refractivity (Wildman–Crippen MR) is 59.9 cm³/mol. The lowest BCUT2D eigenvalue weighted by atomic mass is 10.1. The van der Waals surface area contributed by atoms with Crippen molar-refractivity contribution >= 4 is 27.1 Å². The van der Waals surface area contributed by atoms with Crippen molar-refractivity contribution in [2.45, 2.75) is 11.8 Å². The zero-order valence-electron chi connectivity index (χ0n) is 9.50. The van der Waals surface area contributed by atoms with Gasteiger partial charge in [-0.25, -0.2) is 4.79 Å². The molecule has 0 saturated carbocycles. The second kappa shape index (κ2) is 4.07. The lowest BCUT2D eigenvalue weighted by Gasteiger charge is -2.03. The van der Waals surface area contributed by atoms with Gasteiger partial charge in [-0.3, -0.25) is 4.55 Å². The molecule has 0 fully saturated rings. The molecule has 2 aromatic rings. The van der Waals surface area contributed by atoms with E-state index in [9.17, 15) is 13.2 Å². The van der Waals surface area contributed by atoms with Gasteiger partial charge >= 0.3 is 5.97 Å². The van der Waals surface area contributed by atoms with Crippen LogP contribution in [0.15, 0.2) is 21.6 Å². The average molecular weight is 271 g/mol. The van der Waals surface area contributed by atoms with Crippen LogP contribution < -0.4 is 0 Å². The molecular weight excluding hydrogens is 262 g/mol. The first-order valence-corrected chi connectivity index (χ1v) is 6.25. The molecule has 0 bridgehead atoms. The zero-order valence-corrected chi connectivity index (χ0v) is 10.3. The molecular formula is C10H9NO6S. The maximum absolute atomic E-state index is 11.4. The van der Waals surface area contributed by atoms with Gasteiger partial charge in [0.25, 0.3) is 10.1 Å². The number of hydrogen-bond donors (Lipinski definition) is 1. The van der Waals surface area contributed by atoms with Crippen molar-refractivity contribution in [1.82, 2.24) is 5.16 Å². The number of methoxy groups -OCH3 is 1. The third-order valence-corrected chi connectivity index (χ3v) is 3.50. The van der Waals surface area contributed by atoms with Crippen LogP contribution in [0.5, 0.6) is 0 Å². The number of hydrogen-bond acceptors (Lipinski definition) is 6. The Bertz CT molecular complexity index is 730. The number of aryl methyl sites for hydroxylation is 1. The molecule has 1 heterocycles. The maximum Gasteiger partial charge on any atom is 0.360 e. The van der Waals surface area contributed by atoms with E-state index in [1.807, 2.05) is 0 Å². The summed E-state index contributed by atoms with van der Waals surface area (Å²) in [7, 11) is -3.20. The summed E-state index contributed by atoms with van der Waals surface area (Å²) in [6.07, 6.45) is 0. The van der Waals surface area contributed by atoms with Gasteiger partial charge < -0.3 is 9.26 Å². The third-order valence-electron chi connectivity index (χ3n) is 2.51. The second-order valence-electron chi connectivity index (χ2n) is 3.56. The molecule has 0 spiro atoms. The maximum atomic E-state index is 11.4. The van der Waals surface area contributed by atoms with Gasteiger partial charge in [0.15, 0.2) is 11.3 Å². The number of rotatable bonds is 2. The van der Waals surface area contributed by atoms with E-state index in [1.54, 1.807) is 0 Å². The number of nitrogens with zero attached hydrogens (tertiary/aromatic N) is 1. The Balaban J connectivity index is 2.84. The lowest BCUT2D eigenvalue weighted by Crippen LogP contribution is -2.05. The van der Waals surface area contributed by atoms with Gasteiger partial charge in [0.05, 0.1) is 17.4 Å². The topological polar surface area (TPSA) is 107 Å². The first-order chi connectivity index (χ1) is 8.36. The summed E-state index contributed by atoms with van der Waals surface area (Å²) in [6, 6.07) is 2.49. The number of carbonyl (C=O) groups excluding carboxylic acids is 1. The lowest BCUT2D eigenvalue weighted by molar-refractivity contribution is 0.0591. The van der Waals surface area contributed by atoms with Gasteiger partial charge in [-0.2, -0.15) is 8.42 Å². The Morgan fingerprint density at radius 3 is 2.67 bits per heavy atom. The summed E-state index contributed by atoms with van der Waals surface area (Å²) in [5.41, 5.74) is 0.285. The van der Waals surface area contributed by atoms with Crippen molar-refractivity contribution in [2.75, 3.05) is 7.11 Å². The van der Waals surface area contributed by atoms with Crippen molar-refractivity contribution in [3.63, 3.8) is 0 Å². The van der Waals surface area contributed by atoms with E-state index in [0.717, 1.165) is 0 Å². The molecule has 1 aromatic heterocycles. The first-order valence-electron chi connectivity index (χ1n) is 4.81. The summed E-state index contributed by atoms with van der Waals surface area (Å²) >= 11 is 0. The average Bonchev–Trinajstić information content (AvgIpc) is 2.71. The third kappa shape index (κ3) is 1.85. The van der Waals surface area contributed by atoms with Crippen LogP contribution in [0.1, 0.15) is 16.1 Å². The molecule has 7 nitrogen and oxygen atoms in total. The van der Waals surface area contributed by atoms with E-state index in [0.29, 0.717) is 0 Å². The molecule has 0 aliphatic heterocycles. The summed E-state index contributed by atoms with van der Waals surface area (Å²) in [5.74, 6) is -0.746. The van der Waals surface area contributed by atoms with Crippen LogP contribution in [0.2, 0.25) is 0 Å². The van der Waals surface area contributed by atoms with Gasteiger partial charge in [-0.15, -0.1) is 0 Å². The Labute approximate surface area is 102 Å². The van der Waals surface area contributed by atoms with E-state index in [1.165, 1.54) is 26.2 Å². The van der Waals surface area contributed by atoms with Crippen molar-refractivity contribution in [3.8, 4) is 0 Å². The zero-order chi connectivity index (χ0) is 13.5. The number of ether oxygens (including phenoxy) is 1. The number of fused-ring (bicyclic) bond motifs is 1. The highest BCUT2D eigenvalue weighted by Crippen LogP contribution is 2.28. The van der Waals surface area contributed by atoms with Crippen LogP contribution >= 0.6 is 0 Å². The van der Waals surface area contributed by atoms with E-state index in [4.69, 9.17) is 9.08 Å². The second-order valence-corrected chi connectivity index (χ2v) is 4.95. The Morgan fingerprint density at radius 1 is 1.44 bits per heavy atom. The molecule has 0 radical (unpaired) electrons. The Kier molecular flexibility index (Phi) is 2.83. The minimum absolute atomic E-state index is 0.129. The quantitative estimate of drug-likeness (QED) is 0.645. The van der Waals surface area contributed by atoms with Crippen molar-refractivity contribution in [2.24, 2.45) is 0 Å². The van der Waals surface area contributed by atoms with E-state index >= 15 is 0 Å². The molecule has 1 aromatic carbocycles. The Morgan fingerprint density at radius 2 is 2.11 bits per heavy atom. The molecule has 0 atom stereocenters. The standard InChI is InChI=1S/C10H9NO6S/c1-5-7(18(13,14)15)4-3-6-8(5)9(11-17-6)10(12)16-2/h3-4H,1-2H3,(H,13,14,15). The minimum atomic E-state index is -4.37. The largest absolute Gasteiger partial charge is 0.464 e. The van der Waals surface area contributed by atoms with Gasteiger partial charge in [0.1, 0.15) is 0 Å². The molecule has 0 saturated heterocycles. The molecule has 1 N–H and O–H groups in total. The molecule has 96 valence electrons. The summed E-state index contributed by atoms with van der Waals surface area (Å²) in [4.78, 5) is 11.1. The van der Waals surface area contributed by atoms with Gasteiger partial charge in [-0.05, 0) is 24.6 Å². The normalized spacial score (nSPS) is 11.7.